The summed E-state index contributed by atoms with van der Waals surface area (Å²) in [4.78, 5) is 12.4. The van der Waals surface area contributed by atoms with E-state index in [9.17, 15) is 4.79 Å². The predicted molar refractivity (Wildman–Crippen MR) is 89.0 cm³/mol. The molecular formula is C15H17BrN2OS. The van der Waals surface area contributed by atoms with Crippen LogP contribution in [0.2, 0.25) is 0 Å². The molecule has 2 rings (SSSR count). The summed E-state index contributed by atoms with van der Waals surface area (Å²) < 4.78 is 1.06. The Hall–Kier alpha value is -1.04. The summed E-state index contributed by atoms with van der Waals surface area (Å²) in [6, 6.07) is 6.34. The summed E-state index contributed by atoms with van der Waals surface area (Å²) in [7, 11) is 0. The van der Waals surface area contributed by atoms with Crippen molar-refractivity contribution in [2.24, 2.45) is 5.73 Å². The first-order chi connectivity index (χ1) is 9.60. The maximum Gasteiger partial charge on any atom is 0.221 e. The maximum absolute atomic E-state index is 11.2. The Morgan fingerprint density at radius 3 is 3.05 bits per heavy atom. The van der Waals surface area contributed by atoms with Gasteiger partial charge in [-0.3, -0.25) is 4.79 Å². The quantitative estimate of drug-likeness (QED) is 0.872. The Bertz CT molecular complexity index is 581. The second-order valence-electron chi connectivity index (χ2n) is 4.50. The Balaban J connectivity index is 2.25. The van der Waals surface area contributed by atoms with Crippen LogP contribution in [0, 0.1) is 0 Å². The molecule has 1 aliphatic rings. The lowest BCUT2D eigenvalue weighted by molar-refractivity contribution is -0.118. The van der Waals surface area contributed by atoms with Crippen LogP contribution in [0.4, 0.5) is 0 Å². The number of nitrogens with one attached hydrogen (secondary N) is 1. The summed E-state index contributed by atoms with van der Waals surface area (Å²) in [6.45, 7) is 1.91. The van der Waals surface area contributed by atoms with Crippen molar-refractivity contribution in [3.8, 4) is 0 Å². The largest absolute Gasteiger partial charge is 0.327 e. The first kappa shape index (κ1) is 15.4. The molecule has 0 spiro atoms. The average molecular weight is 353 g/mol. The SMILES string of the molecule is CC(=O)N/C(=C\CN)SC1=CCCc2ccc(Br)cc21. The number of nitrogens with two attached hydrogens (primary N) is 1. The Kier molecular flexibility index (Phi) is 5.46. The van der Waals surface area contributed by atoms with Crippen LogP contribution in [0.5, 0.6) is 0 Å². The van der Waals surface area contributed by atoms with E-state index in [1.165, 1.54) is 23.0 Å². The second kappa shape index (κ2) is 7.11. The molecule has 0 fully saturated rings. The standard InChI is InChI=1S/C15H17BrN2OS/c1-10(19)18-15(7-8-17)20-14-4-2-3-11-5-6-12(16)9-13(11)14/h4-7,9H,2-3,8,17H2,1H3,(H,18,19)/b15-7+. The number of halogens is 1. The first-order valence-corrected chi connectivity index (χ1v) is 8.05. The molecule has 0 atom stereocenters. The zero-order valence-electron chi connectivity index (χ0n) is 11.3. The molecule has 1 aromatic rings. The molecule has 0 bridgehead atoms. The van der Waals surface area contributed by atoms with Crippen molar-refractivity contribution in [1.82, 2.24) is 5.32 Å². The molecule has 3 N–H and O–H groups in total. The van der Waals surface area contributed by atoms with Crippen LogP contribution >= 0.6 is 27.7 Å². The van der Waals surface area contributed by atoms with E-state index in [1.807, 2.05) is 6.08 Å². The smallest absolute Gasteiger partial charge is 0.221 e. The highest BCUT2D eigenvalue weighted by Crippen LogP contribution is 2.38. The van der Waals surface area contributed by atoms with E-state index < -0.39 is 0 Å². The van der Waals surface area contributed by atoms with E-state index in [0.717, 1.165) is 22.3 Å². The number of fused-ring (bicyclic) bond motifs is 1. The van der Waals surface area contributed by atoms with E-state index in [-0.39, 0.29) is 5.91 Å². The number of carbonyl (C=O) groups is 1. The Morgan fingerprint density at radius 1 is 1.55 bits per heavy atom. The van der Waals surface area contributed by atoms with Crippen LogP contribution in [-0.4, -0.2) is 12.5 Å². The van der Waals surface area contributed by atoms with Crippen molar-refractivity contribution in [3.63, 3.8) is 0 Å². The monoisotopic (exact) mass is 352 g/mol. The van der Waals surface area contributed by atoms with Crippen LogP contribution in [0.3, 0.4) is 0 Å². The van der Waals surface area contributed by atoms with Crippen LogP contribution in [0.15, 0.2) is 39.9 Å². The van der Waals surface area contributed by atoms with Gasteiger partial charge in [-0.1, -0.05) is 39.8 Å². The molecule has 1 aromatic carbocycles. The minimum absolute atomic E-state index is 0.0805. The van der Waals surface area contributed by atoms with Crippen molar-refractivity contribution in [3.05, 3.63) is 51.0 Å². The average Bonchev–Trinajstić information content (AvgIpc) is 2.39. The normalized spacial score (nSPS) is 14.6. The van der Waals surface area contributed by atoms with Crippen molar-refractivity contribution in [1.29, 1.82) is 0 Å². The molecule has 5 heteroatoms. The molecule has 0 radical (unpaired) electrons. The summed E-state index contributed by atoms with van der Waals surface area (Å²) in [5.74, 6) is -0.0805. The van der Waals surface area contributed by atoms with Crippen molar-refractivity contribution in [2.75, 3.05) is 6.54 Å². The summed E-state index contributed by atoms with van der Waals surface area (Å²) in [6.07, 6.45) is 6.13. The number of hydrogen-bond donors (Lipinski definition) is 2. The molecule has 0 saturated heterocycles. The second-order valence-corrected chi connectivity index (χ2v) is 6.50. The molecule has 106 valence electrons. The van der Waals surface area contributed by atoms with Crippen LogP contribution in [0.25, 0.3) is 4.91 Å². The van der Waals surface area contributed by atoms with Crippen molar-refractivity contribution >= 4 is 38.5 Å². The van der Waals surface area contributed by atoms with Crippen molar-refractivity contribution < 1.29 is 4.79 Å². The number of benzene rings is 1. The third-order valence-electron chi connectivity index (χ3n) is 2.90. The highest BCUT2D eigenvalue weighted by Gasteiger charge is 2.15. The molecule has 0 aromatic heterocycles. The number of aryl methyl sites for hydroxylation is 1. The van der Waals surface area contributed by atoms with Gasteiger partial charge in [-0.2, -0.15) is 0 Å². The third-order valence-corrected chi connectivity index (χ3v) is 4.49. The zero-order valence-corrected chi connectivity index (χ0v) is 13.7. The van der Waals surface area contributed by atoms with Gasteiger partial charge < -0.3 is 11.1 Å². The highest BCUT2D eigenvalue weighted by molar-refractivity contribution is 9.10. The molecule has 0 saturated carbocycles. The highest BCUT2D eigenvalue weighted by atomic mass is 79.9. The number of thioether (sulfide) groups is 1. The van der Waals surface area contributed by atoms with Gasteiger partial charge in [-0.15, -0.1) is 0 Å². The van der Waals surface area contributed by atoms with Crippen LogP contribution < -0.4 is 11.1 Å². The van der Waals surface area contributed by atoms with Crippen molar-refractivity contribution in [2.45, 2.75) is 19.8 Å². The van der Waals surface area contributed by atoms with E-state index in [4.69, 9.17) is 5.73 Å². The Labute approximate surface area is 131 Å². The number of carbonyl (C=O) groups excluding carboxylic acids is 1. The number of allylic oxidation sites excluding steroid dienone is 1. The van der Waals surface area contributed by atoms with Gasteiger partial charge in [0.1, 0.15) is 0 Å². The fraction of sp³-hybridized carbons (Fsp3) is 0.267. The van der Waals surface area contributed by atoms with Gasteiger partial charge in [-0.25, -0.2) is 0 Å². The molecule has 0 aliphatic heterocycles. The summed E-state index contributed by atoms with van der Waals surface area (Å²) in [5, 5.41) is 3.62. The lowest BCUT2D eigenvalue weighted by Gasteiger charge is -2.19. The lowest BCUT2D eigenvalue weighted by Crippen LogP contribution is -2.18. The summed E-state index contributed by atoms with van der Waals surface area (Å²) >= 11 is 5.07. The van der Waals surface area contributed by atoms with E-state index >= 15 is 0 Å². The topological polar surface area (TPSA) is 55.1 Å². The lowest BCUT2D eigenvalue weighted by atomic mass is 9.97. The van der Waals surface area contributed by atoms with E-state index in [0.29, 0.717) is 6.54 Å². The van der Waals surface area contributed by atoms with Gasteiger partial charge in [-0.05, 0) is 42.2 Å². The minimum atomic E-state index is -0.0805. The molecule has 3 nitrogen and oxygen atoms in total. The zero-order chi connectivity index (χ0) is 14.5. The number of hydrogen-bond acceptors (Lipinski definition) is 3. The molecular weight excluding hydrogens is 336 g/mol. The maximum atomic E-state index is 11.2. The van der Waals surface area contributed by atoms with Gasteiger partial charge in [0.2, 0.25) is 5.91 Å². The van der Waals surface area contributed by atoms with E-state index in [1.54, 1.807) is 11.8 Å². The van der Waals surface area contributed by atoms with Gasteiger partial charge in [0, 0.05) is 22.8 Å². The minimum Gasteiger partial charge on any atom is -0.327 e. The fourth-order valence-electron chi connectivity index (χ4n) is 2.08. The van der Waals surface area contributed by atoms with Gasteiger partial charge >= 0.3 is 0 Å². The van der Waals surface area contributed by atoms with Crippen LogP contribution in [0.1, 0.15) is 24.5 Å². The molecule has 1 aliphatic carbocycles. The number of amides is 1. The van der Waals surface area contributed by atoms with Gasteiger partial charge in [0.05, 0.1) is 5.03 Å². The van der Waals surface area contributed by atoms with E-state index in [2.05, 4.69) is 45.5 Å². The van der Waals surface area contributed by atoms with Gasteiger partial charge in [0.25, 0.3) is 0 Å². The fourth-order valence-corrected chi connectivity index (χ4v) is 3.55. The molecule has 0 heterocycles. The third kappa shape index (κ3) is 3.98. The van der Waals surface area contributed by atoms with Crippen LogP contribution in [-0.2, 0) is 11.2 Å². The molecule has 20 heavy (non-hydrogen) atoms. The molecule has 0 unspecified atom stereocenters. The number of rotatable bonds is 4. The summed E-state index contributed by atoms with van der Waals surface area (Å²) in [5.41, 5.74) is 8.13. The predicted octanol–water partition coefficient (Wildman–Crippen LogP) is 3.41. The Morgan fingerprint density at radius 2 is 2.35 bits per heavy atom. The first-order valence-electron chi connectivity index (χ1n) is 6.45. The molecule has 1 amide bonds. The van der Waals surface area contributed by atoms with Gasteiger partial charge in [0.15, 0.2) is 0 Å².